The lowest BCUT2D eigenvalue weighted by atomic mass is 10.0. The minimum absolute atomic E-state index is 0.128. The van der Waals surface area contributed by atoms with Crippen molar-refractivity contribution in [3.05, 3.63) is 34.6 Å². The Bertz CT molecular complexity index is 424. The molecule has 0 amide bonds. The van der Waals surface area contributed by atoms with Crippen molar-refractivity contribution in [2.45, 2.75) is 32.4 Å². The molecule has 0 aromatic heterocycles. The Morgan fingerprint density at radius 3 is 2.72 bits per heavy atom. The largest absolute Gasteiger partial charge is 0.329 e. The maximum Gasteiger partial charge on any atom is 0.141 e. The highest BCUT2D eigenvalue weighted by molar-refractivity contribution is 6.30. The Morgan fingerprint density at radius 1 is 1.50 bits per heavy atom. The van der Waals surface area contributed by atoms with Gasteiger partial charge < -0.3 is 5.73 Å². The van der Waals surface area contributed by atoms with Crippen LogP contribution in [0.5, 0.6) is 0 Å². The van der Waals surface area contributed by atoms with Crippen LogP contribution in [0.1, 0.15) is 31.9 Å². The van der Waals surface area contributed by atoms with Crippen LogP contribution in [-0.2, 0) is 0 Å². The van der Waals surface area contributed by atoms with E-state index in [-0.39, 0.29) is 16.9 Å². The summed E-state index contributed by atoms with van der Waals surface area (Å²) in [6.45, 7) is 6.04. The zero-order valence-electron chi connectivity index (χ0n) is 10.9. The van der Waals surface area contributed by atoms with Crippen LogP contribution >= 0.6 is 11.6 Å². The number of hydrogen-bond donors (Lipinski definition) is 1. The highest BCUT2D eigenvalue weighted by atomic mass is 35.5. The van der Waals surface area contributed by atoms with Crippen molar-refractivity contribution >= 4 is 11.6 Å². The van der Waals surface area contributed by atoms with Gasteiger partial charge in [-0.1, -0.05) is 24.6 Å². The monoisotopic (exact) mass is 270 g/mol. The summed E-state index contributed by atoms with van der Waals surface area (Å²) in [5.74, 6) is 0.309. The highest BCUT2D eigenvalue weighted by Crippen LogP contribution is 2.32. The molecule has 3 unspecified atom stereocenters. The molecule has 4 heteroatoms. The average Bonchev–Trinajstić information content (AvgIpc) is 2.64. The van der Waals surface area contributed by atoms with Gasteiger partial charge in [0, 0.05) is 25.2 Å². The molecule has 1 aromatic carbocycles. The van der Waals surface area contributed by atoms with Gasteiger partial charge in [-0.05, 0) is 37.0 Å². The Labute approximate surface area is 113 Å². The summed E-state index contributed by atoms with van der Waals surface area (Å²) in [4.78, 5) is 2.40. The zero-order chi connectivity index (χ0) is 13.3. The predicted molar refractivity (Wildman–Crippen MR) is 73.2 cm³/mol. The van der Waals surface area contributed by atoms with Crippen LogP contribution in [-0.4, -0.2) is 24.0 Å². The van der Waals surface area contributed by atoms with Crippen molar-refractivity contribution < 1.29 is 4.39 Å². The maximum absolute atomic E-state index is 13.2. The summed E-state index contributed by atoms with van der Waals surface area (Å²) < 4.78 is 13.2. The molecular weight excluding hydrogens is 251 g/mol. The van der Waals surface area contributed by atoms with E-state index in [0.717, 1.165) is 12.1 Å². The number of hydrogen-bond acceptors (Lipinski definition) is 2. The standard InChI is InChI=1S/C14H20ClFN2/c1-9-5-10(2)18(8-9)14(7-17)11-3-4-13(16)12(15)6-11/h3-4,6,9-10,14H,5,7-8,17H2,1-2H3. The van der Waals surface area contributed by atoms with Gasteiger partial charge in [-0.15, -0.1) is 0 Å². The van der Waals surface area contributed by atoms with E-state index >= 15 is 0 Å². The molecule has 2 rings (SSSR count). The summed E-state index contributed by atoms with van der Waals surface area (Å²) in [5, 5.41) is 0.172. The van der Waals surface area contributed by atoms with Crippen molar-refractivity contribution in [1.82, 2.24) is 4.90 Å². The second-order valence-electron chi connectivity index (χ2n) is 5.31. The first-order chi connectivity index (χ1) is 8.52. The summed E-state index contributed by atoms with van der Waals surface area (Å²) >= 11 is 5.85. The van der Waals surface area contributed by atoms with Gasteiger partial charge in [0.15, 0.2) is 0 Å². The van der Waals surface area contributed by atoms with E-state index in [1.165, 1.54) is 12.5 Å². The van der Waals surface area contributed by atoms with Crippen molar-refractivity contribution in [3.63, 3.8) is 0 Å². The average molecular weight is 271 g/mol. The van der Waals surface area contributed by atoms with E-state index in [0.29, 0.717) is 18.5 Å². The van der Waals surface area contributed by atoms with E-state index < -0.39 is 0 Å². The maximum atomic E-state index is 13.2. The van der Waals surface area contributed by atoms with Gasteiger partial charge in [0.25, 0.3) is 0 Å². The lowest BCUT2D eigenvalue weighted by molar-refractivity contribution is 0.192. The highest BCUT2D eigenvalue weighted by Gasteiger charge is 2.31. The topological polar surface area (TPSA) is 29.3 Å². The third-order valence-electron chi connectivity index (χ3n) is 3.78. The molecule has 2 nitrogen and oxygen atoms in total. The van der Waals surface area contributed by atoms with E-state index in [9.17, 15) is 4.39 Å². The van der Waals surface area contributed by atoms with Crippen molar-refractivity contribution in [3.8, 4) is 0 Å². The van der Waals surface area contributed by atoms with E-state index in [2.05, 4.69) is 18.7 Å². The number of nitrogens with two attached hydrogens (primary N) is 1. The summed E-state index contributed by atoms with van der Waals surface area (Å²) in [7, 11) is 0. The first-order valence-corrected chi connectivity index (χ1v) is 6.81. The molecule has 1 aliphatic heterocycles. The minimum atomic E-state index is -0.376. The molecule has 0 saturated carbocycles. The Balaban J connectivity index is 2.25. The molecular formula is C14H20ClFN2. The Morgan fingerprint density at radius 2 is 2.22 bits per heavy atom. The van der Waals surface area contributed by atoms with E-state index in [1.54, 1.807) is 12.1 Å². The third kappa shape index (κ3) is 2.68. The lowest BCUT2D eigenvalue weighted by Gasteiger charge is -2.31. The van der Waals surface area contributed by atoms with Gasteiger partial charge >= 0.3 is 0 Å². The SMILES string of the molecule is CC1CC(C)N(C(CN)c2ccc(F)c(Cl)c2)C1. The fraction of sp³-hybridized carbons (Fsp3) is 0.571. The number of halogens is 2. The van der Waals surface area contributed by atoms with Gasteiger partial charge in [-0.3, -0.25) is 4.90 Å². The van der Waals surface area contributed by atoms with Crippen LogP contribution < -0.4 is 5.73 Å². The van der Waals surface area contributed by atoms with Crippen LogP contribution in [0.15, 0.2) is 18.2 Å². The first-order valence-electron chi connectivity index (χ1n) is 6.43. The Kier molecular flexibility index (Phi) is 4.25. The molecule has 1 aliphatic rings. The molecule has 100 valence electrons. The molecule has 0 bridgehead atoms. The van der Waals surface area contributed by atoms with Crippen LogP contribution in [0.25, 0.3) is 0 Å². The molecule has 1 saturated heterocycles. The summed E-state index contributed by atoms with van der Waals surface area (Å²) in [6.07, 6.45) is 1.19. The Hall–Kier alpha value is -0.640. The normalized spacial score (nSPS) is 26.5. The minimum Gasteiger partial charge on any atom is -0.329 e. The second-order valence-corrected chi connectivity index (χ2v) is 5.72. The van der Waals surface area contributed by atoms with Crippen LogP contribution in [0, 0.1) is 11.7 Å². The number of benzene rings is 1. The zero-order valence-corrected chi connectivity index (χ0v) is 11.6. The van der Waals surface area contributed by atoms with E-state index in [1.807, 2.05) is 0 Å². The number of nitrogens with zero attached hydrogens (tertiary/aromatic N) is 1. The van der Waals surface area contributed by atoms with Crippen molar-refractivity contribution in [1.29, 1.82) is 0 Å². The van der Waals surface area contributed by atoms with Gasteiger partial charge in [-0.2, -0.15) is 0 Å². The lowest BCUT2D eigenvalue weighted by Crippen LogP contribution is -2.36. The quantitative estimate of drug-likeness (QED) is 0.914. The van der Waals surface area contributed by atoms with E-state index in [4.69, 9.17) is 17.3 Å². The predicted octanol–water partition coefficient (Wildman–Crippen LogP) is 3.21. The molecule has 0 radical (unpaired) electrons. The molecule has 0 aliphatic carbocycles. The van der Waals surface area contributed by atoms with Crippen LogP contribution in [0.3, 0.4) is 0 Å². The molecule has 1 fully saturated rings. The fourth-order valence-electron chi connectivity index (χ4n) is 2.95. The van der Waals surface area contributed by atoms with Crippen molar-refractivity contribution in [2.75, 3.05) is 13.1 Å². The molecule has 2 N–H and O–H groups in total. The number of likely N-dealkylation sites (tertiary alicyclic amines) is 1. The summed E-state index contributed by atoms with van der Waals surface area (Å²) in [6, 6.07) is 5.55. The summed E-state index contributed by atoms with van der Waals surface area (Å²) in [5.41, 5.74) is 6.91. The first kappa shape index (κ1) is 13.8. The van der Waals surface area contributed by atoms with Gasteiger partial charge in [0.1, 0.15) is 5.82 Å². The number of rotatable bonds is 3. The smallest absolute Gasteiger partial charge is 0.141 e. The third-order valence-corrected chi connectivity index (χ3v) is 4.07. The van der Waals surface area contributed by atoms with Crippen LogP contribution in [0.4, 0.5) is 4.39 Å². The molecule has 3 atom stereocenters. The molecule has 1 heterocycles. The van der Waals surface area contributed by atoms with Crippen molar-refractivity contribution in [2.24, 2.45) is 11.7 Å². The second kappa shape index (κ2) is 5.55. The fourth-order valence-corrected chi connectivity index (χ4v) is 3.14. The molecule has 1 aromatic rings. The molecule has 18 heavy (non-hydrogen) atoms. The van der Waals surface area contributed by atoms with Gasteiger partial charge in [0.2, 0.25) is 0 Å². The van der Waals surface area contributed by atoms with Crippen LogP contribution in [0.2, 0.25) is 5.02 Å². The van der Waals surface area contributed by atoms with Gasteiger partial charge in [0.05, 0.1) is 5.02 Å². The van der Waals surface area contributed by atoms with Gasteiger partial charge in [-0.25, -0.2) is 4.39 Å². The molecule has 0 spiro atoms.